The molecule has 6 nitrogen and oxygen atoms in total. The van der Waals surface area contributed by atoms with Gasteiger partial charge in [0.1, 0.15) is 0 Å². The molecule has 1 aromatic rings. The summed E-state index contributed by atoms with van der Waals surface area (Å²) in [5.74, 6) is 0.135. The van der Waals surface area contributed by atoms with Gasteiger partial charge >= 0.3 is 0 Å². The standard InChI is InChI=1S/C12H20N4O2S/c1-10-7-13-8-12(14-10)11-5-4-6-16(9-11)19(17,18)15(2)3/h7-8,11H,4-6,9H2,1-3H3/t11-/m1/s1. The van der Waals surface area contributed by atoms with Gasteiger partial charge in [-0.3, -0.25) is 9.97 Å². The molecule has 106 valence electrons. The fourth-order valence-electron chi connectivity index (χ4n) is 2.30. The van der Waals surface area contributed by atoms with E-state index in [-0.39, 0.29) is 5.92 Å². The van der Waals surface area contributed by atoms with Crippen LogP contribution in [0.1, 0.15) is 30.1 Å². The Morgan fingerprint density at radius 2 is 2.11 bits per heavy atom. The Hall–Kier alpha value is -1.05. The molecule has 0 bridgehead atoms. The van der Waals surface area contributed by atoms with E-state index in [0.29, 0.717) is 13.1 Å². The summed E-state index contributed by atoms with van der Waals surface area (Å²) in [5.41, 5.74) is 1.75. The summed E-state index contributed by atoms with van der Waals surface area (Å²) in [6, 6.07) is 0. The highest BCUT2D eigenvalue weighted by molar-refractivity contribution is 7.86. The predicted molar refractivity (Wildman–Crippen MR) is 72.9 cm³/mol. The minimum absolute atomic E-state index is 0.135. The molecule has 1 aliphatic rings. The maximum Gasteiger partial charge on any atom is 0.281 e. The molecule has 0 radical (unpaired) electrons. The van der Waals surface area contributed by atoms with E-state index in [2.05, 4.69) is 9.97 Å². The topological polar surface area (TPSA) is 66.4 Å². The van der Waals surface area contributed by atoms with E-state index in [1.54, 1.807) is 26.5 Å². The first-order chi connectivity index (χ1) is 8.91. The van der Waals surface area contributed by atoms with E-state index in [1.165, 1.54) is 8.61 Å². The lowest BCUT2D eigenvalue weighted by Crippen LogP contribution is -2.45. The molecule has 0 unspecified atom stereocenters. The van der Waals surface area contributed by atoms with E-state index >= 15 is 0 Å². The molecule has 19 heavy (non-hydrogen) atoms. The van der Waals surface area contributed by atoms with Gasteiger partial charge in [0, 0.05) is 45.5 Å². The Kier molecular flexibility index (Phi) is 4.17. The van der Waals surface area contributed by atoms with Crippen molar-refractivity contribution in [2.45, 2.75) is 25.7 Å². The van der Waals surface area contributed by atoms with Gasteiger partial charge in [0.05, 0.1) is 11.4 Å². The van der Waals surface area contributed by atoms with Crippen LogP contribution in [0.25, 0.3) is 0 Å². The summed E-state index contributed by atoms with van der Waals surface area (Å²) in [6.07, 6.45) is 5.26. The van der Waals surface area contributed by atoms with Gasteiger partial charge in [0.2, 0.25) is 0 Å². The smallest absolute Gasteiger partial charge is 0.261 e. The SMILES string of the molecule is Cc1cncc([C@@H]2CCCN(S(=O)(=O)N(C)C)C2)n1. The maximum absolute atomic E-state index is 12.1. The van der Waals surface area contributed by atoms with Crippen LogP contribution in [0.3, 0.4) is 0 Å². The van der Waals surface area contributed by atoms with Crippen molar-refractivity contribution in [1.29, 1.82) is 0 Å². The largest absolute Gasteiger partial charge is 0.281 e. The van der Waals surface area contributed by atoms with Crippen molar-refractivity contribution in [3.8, 4) is 0 Å². The van der Waals surface area contributed by atoms with E-state index < -0.39 is 10.2 Å². The van der Waals surface area contributed by atoms with Crippen LogP contribution in [0.2, 0.25) is 0 Å². The van der Waals surface area contributed by atoms with Crippen LogP contribution in [-0.4, -0.2) is 54.2 Å². The fourth-order valence-corrected chi connectivity index (χ4v) is 3.49. The third kappa shape index (κ3) is 3.10. The molecule has 7 heteroatoms. The average molecular weight is 284 g/mol. The summed E-state index contributed by atoms with van der Waals surface area (Å²) in [5, 5.41) is 0. The first kappa shape index (κ1) is 14.4. The molecule has 1 saturated heterocycles. The van der Waals surface area contributed by atoms with Gasteiger partial charge in [0.25, 0.3) is 10.2 Å². The predicted octanol–water partition coefficient (Wildman–Crippen LogP) is 0.771. The minimum atomic E-state index is -3.33. The lowest BCUT2D eigenvalue weighted by atomic mass is 9.96. The molecular formula is C12H20N4O2S. The van der Waals surface area contributed by atoms with Gasteiger partial charge in [-0.05, 0) is 19.8 Å². The number of aryl methyl sites for hydroxylation is 1. The second kappa shape index (κ2) is 5.52. The van der Waals surface area contributed by atoms with E-state index in [0.717, 1.165) is 24.2 Å². The van der Waals surface area contributed by atoms with Crippen LogP contribution in [0.5, 0.6) is 0 Å². The van der Waals surface area contributed by atoms with Gasteiger partial charge in [-0.2, -0.15) is 17.0 Å². The van der Waals surface area contributed by atoms with Crippen molar-refractivity contribution in [2.75, 3.05) is 27.2 Å². The fraction of sp³-hybridized carbons (Fsp3) is 0.667. The monoisotopic (exact) mass is 284 g/mol. The first-order valence-corrected chi connectivity index (χ1v) is 7.77. The third-order valence-electron chi connectivity index (χ3n) is 3.36. The van der Waals surface area contributed by atoms with Crippen LogP contribution in [0.15, 0.2) is 12.4 Å². The summed E-state index contributed by atoms with van der Waals surface area (Å²) in [7, 11) is -0.211. The highest BCUT2D eigenvalue weighted by atomic mass is 32.2. The summed E-state index contributed by atoms with van der Waals surface area (Å²) >= 11 is 0. The van der Waals surface area contributed by atoms with Gasteiger partial charge in [0.15, 0.2) is 0 Å². The molecule has 1 aromatic heterocycles. The normalized spacial score (nSPS) is 21.8. The Bertz CT molecular complexity index is 544. The molecular weight excluding hydrogens is 264 g/mol. The van der Waals surface area contributed by atoms with Gasteiger partial charge in [-0.1, -0.05) is 0 Å². The minimum Gasteiger partial charge on any atom is -0.261 e. The molecule has 0 N–H and O–H groups in total. The molecule has 2 rings (SSSR count). The summed E-state index contributed by atoms with van der Waals surface area (Å²) in [4.78, 5) is 8.60. The number of nitrogens with zero attached hydrogens (tertiary/aromatic N) is 4. The zero-order chi connectivity index (χ0) is 14.0. The van der Waals surface area contributed by atoms with E-state index in [1.807, 2.05) is 6.92 Å². The lowest BCUT2D eigenvalue weighted by molar-refractivity contribution is 0.295. The Balaban J connectivity index is 2.18. The molecule has 0 aromatic carbocycles. The maximum atomic E-state index is 12.1. The molecule has 2 heterocycles. The molecule has 1 fully saturated rings. The van der Waals surface area contributed by atoms with Gasteiger partial charge in [-0.25, -0.2) is 0 Å². The van der Waals surface area contributed by atoms with Crippen LogP contribution in [0, 0.1) is 6.92 Å². The average Bonchev–Trinajstić information content (AvgIpc) is 2.38. The Morgan fingerprint density at radius 1 is 1.37 bits per heavy atom. The third-order valence-corrected chi connectivity index (χ3v) is 5.27. The van der Waals surface area contributed by atoms with Crippen molar-refractivity contribution >= 4 is 10.2 Å². The highest BCUT2D eigenvalue weighted by Gasteiger charge is 2.31. The zero-order valence-electron chi connectivity index (χ0n) is 11.6. The molecule has 0 spiro atoms. The Morgan fingerprint density at radius 3 is 2.74 bits per heavy atom. The van der Waals surface area contributed by atoms with Crippen molar-refractivity contribution in [2.24, 2.45) is 0 Å². The Labute approximate surface area is 114 Å². The molecule has 0 amide bonds. The summed E-state index contributed by atoms with van der Waals surface area (Å²) < 4.78 is 27.1. The number of rotatable bonds is 3. The molecule has 1 aliphatic heterocycles. The number of hydrogen-bond donors (Lipinski definition) is 0. The number of aromatic nitrogens is 2. The second-order valence-electron chi connectivity index (χ2n) is 5.07. The van der Waals surface area contributed by atoms with Crippen molar-refractivity contribution in [1.82, 2.24) is 18.6 Å². The van der Waals surface area contributed by atoms with Crippen molar-refractivity contribution < 1.29 is 8.42 Å². The summed E-state index contributed by atoms with van der Waals surface area (Å²) in [6.45, 7) is 2.96. The van der Waals surface area contributed by atoms with Crippen LogP contribution >= 0.6 is 0 Å². The molecule has 1 atom stereocenters. The molecule has 0 aliphatic carbocycles. The van der Waals surface area contributed by atoms with Crippen LogP contribution < -0.4 is 0 Å². The second-order valence-corrected chi connectivity index (χ2v) is 7.22. The molecule has 0 saturated carbocycles. The highest BCUT2D eigenvalue weighted by Crippen LogP contribution is 2.27. The van der Waals surface area contributed by atoms with Gasteiger partial charge < -0.3 is 0 Å². The van der Waals surface area contributed by atoms with Crippen LogP contribution in [0.4, 0.5) is 0 Å². The number of piperidine rings is 1. The quantitative estimate of drug-likeness (QED) is 0.822. The van der Waals surface area contributed by atoms with Crippen molar-refractivity contribution in [3.63, 3.8) is 0 Å². The lowest BCUT2D eigenvalue weighted by Gasteiger charge is -2.33. The first-order valence-electron chi connectivity index (χ1n) is 6.37. The van der Waals surface area contributed by atoms with Crippen LogP contribution in [-0.2, 0) is 10.2 Å². The van der Waals surface area contributed by atoms with Gasteiger partial charge in [-0.15, -0.1) is 0 Å². The van der Waals surface area contributed by atoms with E-state index in [9.17, 15) is 8.42 Å². The van der Waals surface area contributed by atoms with E-state index in [4.69, 9.17) is 0 Å². The number of hydrogen-bond acceptors (Lipinski definition) is 4. The zero-order valence-corrected chi connectivity index (χ0v) is 12.4. The van der Waals surface area contributed by atoms with Crippen molar-refractivity contribution in [3.05, 3.63) is 23.8 Å².